The number of rotatable bonds is 4. The molecule has 4 unspecified atom stereocenters. The third kappa shape index (κ3) is 3.49. The van der Waals surface area contributed by atoms with Gasteiger partial charge in [-0.3, -0.25) is 4.18 Å². The van der Waals surface area contributed by atoms with Crippen LogP contribution in [0.1, 0.15) is 19.4 Å². The molecular formula is C16H22O7S. The average Bonchev–Trinajstić information content (AvgIpc) is 2.83. The Labute approximate surface area is 141 Å². The highest BCUT2D eigenvalue weighted by molar-refractivity contribution is 7.86. The van der Waals surface area contributed by atoms with Crippen molar-refractivity contribution in [3.05, 3.63) is 29.8 Å². The van der Waals surface area contributed by atoms with E-state index in [9.17, 15) is 8.42 Å². The highest BCUT2D eigenvalue weighted by Crippen LogP contribution is 2.36. The molecule has 0 amide bonds. The fraction of sp³-hybridized carbons (Fsp3) is 0.625. The van der Waals surface area contributed by atoms with Crippen molar-refractivity contribution in [3.8, 4) is 0 Å². The Kier molecular flexibility index (Phi) is 4.71. The first kappa shape index (κ1) is 17.8. The second kappa shape index (κ2) is 6.36. The number of benzene rings is 1. The van der Waals surface area contributed by atoms with Crippen LogP contribution in [0, 0.1) is 6.92 Å². The van der Waals surface area contributed by atoms with Crippen molar-refractivity contribution in [2.75, 3.05) is 13.7 Å². The van der Waals surface area contributed by atoms with E-state index < -0.39 is 40.5 Å². The van der Waals surface area contributed by atoms with Crippen LogP contribution in [0.3, 0.4) is 0 Å². The molecule has 1 aromatic rings. The van der Waals surface area contributed by atoms with E-state index in [4.69, 9.17) is 23.1 Å². The van der Waals surface area contributed by atoms with Crippen LogP contribution in [0.4, 0.5) is 0 Å². The van der Waals surface area contributed by atoms with Gasteiger partial charge >= 0.3 is 0 Å². The number of ether oxygens (including phenoxy) is 4. The van der Waals surface area contributed by atoms with Crippen molar-refractivity contribution in [2.24, 2.45) is 0 Å². The Morgan fingerprint density at radius 1 is 1.21 bits per heavy atom. The van der Waals surface area contributed by atoms with Gasteiger partial charge in [0, 0.05) is 7.11 Å². The summed E-state index contributed by atoms with van der Waals surface area (Å²) in [5, 5.41) is 0. The van der Waals surface area contributed by atoms with Crippen molar-refractivity contribution < 1.29 is 31.5 Å². The molecule has 2 heterocycles. The molecule has 0 aliphatic carbocycles. The number of aryl methyl sites for hydroxylation is 1. The van der Waals surface area contributed by atoms with Gasteiger partial charge < -0.3 is 18.9 Å². The highest BCUT2D eigenvalue weighted by Gasteiger charge is 2.53. The Bertz CT molecular complexity index is 683. The van der Waals surface area contributed by atoms with E-state index in [0.717, 1.165) is 5.56 Å². The van der Waals surface area contributed by atoms with E-state index in [1.165, 1.54) is 19.2 Å². The Morgan fingerprint density at radius 2 is 1.88 bits per heavy atom. The average molecular weight is 358 g/mol. The molecule has 8 heteroatoms. The third-order valence-electron chi connectivity index (χ3n) is 4.06. The maximum absolute atomic E-state index is 12.6. The second-order valence-corrected chi connectivity index (χ2v) is 7.97. The highest BCUT2D eigenvalue weighted by atomic mass is 32.2. The lowest BCUT2D eigenvalue weighted by Crippen LogP contribution is -2.51. The van der Waals surface area contributed by atoms with Gasteiger partial charge in [0.1, 0.15) is 12.2 Å². The van der Waals surface area contributed by atoms with Crippen LogP contribution in [-0.2, 0) is 33.2 Å². The second-order valence-electron chi connectivity index (χ2n) is 6.40. The number of fused-ring (bicyclic) bond motifs is 1. The predicted molar refractivity (Wildman–Crippen MR) is 83.8 cm³/mol. The third-order valence-corrected chi connectivity index (χ3v) is 5.39. The van der Waals surface area contributed by atoms with E-state index in [-0.39, 0.29) is 11.5 Å². The molecule has 0 N–H and O–H groups in total. The minimum atomic E-state index is -3.97. The van der Waals surface area contributed by atoms with Crippen molar-refractivity contribution in [2.45, 2.75) is 56.1 Å². The number of hydrogen-bond donors (Lipinski definition) is 0. The molecule has 3 rings (SSSR count). The van der Waals surface area contributed by atoms with Crippen molar-refractivity contribution >= 4 is 10.1 Å². The molecule has 134 valence electrons. The van der Waals surface area contributed by atoms with Crippen LogP contribution in [0.15, 0.2) is 29.2 Å². The normalized spacial score (nSPS) is 32.5. The van der Waals surface area contributed by atoms with Crippen LogP contribution >= 0.6 is 0 Å². The molecule has 24 heavy (non-hydrogen) atoms. The van der Waals surface area contributed by atoms with Crippen molar-refractivity contribution in [1.29, 1.82) is 0 Å². The van der Waals surface area contributed by atoms with Gasteiger partial charge in [0.2, 0.25) is 0 Å². The first-order valence-electron chi connectivity index (χ1n) is 7.72. The summed E-state index contributed by atoms with van der Waals surface area (Å²) in [4.78, 5) is 0.0812. The molecule has 1 aromatic carbocycles. The summed E-state index contributed by atoms with van der Waals surface area (Å²) in [7, 11) is -2.54. The standard InChI is InChI=1S/C16H22O7S/c1-10-5-7-11(8-6-10)24(17,18)23-14-13-12(21-15(14)19-4)9-20-16(2,3)22-13/h5-8,12-15H,9H2,1-4H3. The van der Waals surface area contributed by atoms with Gasteiger partial charge in [-0.15, -0.1) is 0 Å². The lowest BCUT2D eigenvalue weighted by molar-refractivity contribution is -0.299. The molecule has 2 saturated heterocycles. The minimum Gasteiger partial charge on any atom is -0.353 e. The molecule has 7 nitrogen and oxygen atoms in total. The van der Waals surface area contributed by atoms with Gasteiger partial charge in [0.05, 0.1) is 11.5 Å². The van der Waals surface area contributed by atoms with E-state index in [0.29, 0.717) is 0 Å². The van der Waals surface area contributed by atoms with Gasteiger partial charge in [-0.1, -0.05) is 17.7 Å². The predicted octanol–water partition coefficient (Wildman–Crippen LogP) is 1.59. The fourth-order valence-corrected chi connectivity index (χ4v) is 3.89. The van der Waals surface area contributed by atoms with E-state index in [1.54, 1.807) is 26.0 Å². The summed E-state index contributed by atoms with van der Waals surface area (Å²) in [6.07, 6.45) is -2.80. The SMILES string of the molecule is COC1OC2COC(C)(C)OC2C1OS(=O)(=O)c1ccc(C)cc1. The van der Waals surface area contributed by atoms with Gasteiger partial charge in [-0.05, 0) is 32.9 Å². The molecular weight excluding hydrogens is 336 g/mol. The topological polar surface area (TPSA) is 80.3 Å². The van der Waals surface area contributed by atoms with Crippen LogP contribution in [0.5, 0.6) is 0 Å². The van der Waals surface area contributed by atoms with Crippen molar-refractivity contribution in [1.82, 2.24) is 0 Å². The molecule has 2 aliphatic heterocycles. The van der Waals surface area contributed by atoms with Crippen molar-refractivity contribution in [3.63, 3.8) is 0 Å². The van der Waals surface area contributed by atoms with E-state index in [2.05, 4.69) is 0 Å². The molecule has 2 aliphatic rings. The maximum Gasteiger partial charge on any atom is 0.297 e. The van der Waals surface area contributed by atoms with Crippen LogP contribution in [0.25, 0.3) is 0 Å². The van der Waals surface area contributed by atoms with Crippen LogP contribution in [-0.4, -0.2) is 52.5 Å². The smallest absolute Gasteiger partial charge is 0.297 e. The van der Waals surface area contributed by atoms with Gasteiger partial charge in [-0.25, -0.2) is 0 Å². The summed E-state index contributed by atoms with van der Waals surface area (Å²) in [6.45, 7) is 5.68. The summed E-state index contributed by atoms with van der Waals surface area (Å²) in [5.41, 5.74) is 0.961. The number of hydrogen-bond acceptors (Lipinski definition) is 7. The first-order chi connectivity index (χ1) is 11.2. The zero-order valence-corrected chi connectivity index (χ0v) is 14.9. The zero-order valence-electron chi connectivity index (χ0n) is 14.1. The fourth-order valence-electron chi connectivity index (χ4n) is 2.81. The minimum absolute atomic E-state index is 0.0812. The quantitative estimate of drug-likeness (QED) is 0.756. The first-order valence-corrected chi connectivity index (χ1v) is 9.13. The van der Waals surface area contributed by atoms with Crippen LogP contribution < -0.4 is 0 Å². The van der Waals surface area contributed by atoms with Gasteiger partial charge in [0.15, 0.2) is 18.2 Å². The Balaban J connectivity index is 1.84. The zero-order chi connectivity index (χ0) is 17.5. The van der Waals surface area contributed by atoms with E-state index >= 15 is 0 Å². The van der Waals surface area contributed by atoms with E-state index in [1.807, 2.05) is 6.92 Å². The summed E-state index contributed by atoms with van der Waals surface area (Å²) in [5.74, 6) is -0.845. The largest absolute Gasteiger partial charge is 0.353 e. The monoisotopic (exact) mass is 358 g/mol. The summed E-state index contributed by atoms with van der Waals surface area (Å²) in [6, 6.07) is 6.45. The Morgan fingerprint density at radius 3 is 2.50 bits per heavy atom. The number of methoxy groups -OCH3 is 1. The molecule has 2 fully saturated rings. The van der Waals surface area contributed by atoms with Gasteiger partial charge in [-0.2, -0.15) is 8.42 Å². The Hall–Kier alpha value is -1.03. The molecule has 4 atom stereocenters. The van der Waals surface area contributed by atoms with Crippen LogP contribution in [0.2, 0.25) is 0 Å². The maximum atomic E-state index is 12.6. The molecule has 0 spiro atoms. The molecule has 0 aromatic heterocycles. The summed E-state index contributed by atoms with van der Waals surface area (Å²) >= 11 is 0. The van der Waals surface area contributed by atoms with Gasteiger partial charge in [0.25, 0.3) is 10.1 Å². The molecule has 0 bridgehead atoms. The lowest BCUT2D eigenvalue weighted by Gasteiger charge is -2.38. The molecule has 0 radical (unpaired) electrons. The summed E-state index contributed by atoms with van der Waals surface area (Å²) < 4.78 is 52.9. The lowest BCUT2D eigenvalue weighted by atomic mass is 10.1. The molecule has 0 saturated carbocycles.